The molecule has 0 bridgehead atoms. The summed E-state index contributed by atoms with van der Waals surface area (Å²) in [6.45, 7) is 9.33. The molecule has 1 aromatic heterocycles. The van der Waals surface area contributed by atoms with Gasteiger partial charge in [0.2, 0.25) is 10.0 Å². The molecule has 0 aliphatic rings. The predicted molar refractivity (Wildman–Crippen MR) is 136 cm³/mol. The Labute approximate surface area is 200 Å². The second-order valence-electron chi connectivity index (χ2n) is 7.95. The van der Waals surface area contributed by atoms with Crippen LogP contribution < -0.4 is 4.90 Å². The summed E-state index contributed by atoms with van der Waals surface area (Å²) in [4.78, 5) is 22.4. The third kappa shape index (κ3) is 5.60. The summed E-state index contributed by atoms with van der Waals surface area (Å²) in [6.07, 6.45) is 0.940. The third-order valence-corrected chi connectivity index (χ3v) is 8.61. The number of rotatable bonds is 10. The van der Waals surface area contributed by atoms with Crippen molar-refractivity contribution in [2.24, 2.45) is 0 Å². The number of hydrogen-bond acceptors (Lipinski definition) is 6. The number of sulfonamides is 1. The maximum absolute atomic E-state index is 13.5. The number of fused-ring (bicyclic) bond motifs is 1. The van der Waals surface area contributed by atoms with Crippen molar-refractivity contribution >= 4 is 42.6 Å². The van der Waals surface area contributed by atoms with E-state index >= 15 is 0 Å². The number of thiazole rings is 1. The highest BCUT2D eigenvalue weighted by Crippen LogP contribution is 2.31. The van der Waals surface area contributed by atoms with E-state index in [0.717, 1.165) is 40.6 Å². The van der Waals surface area contributed by atoms with Crippen molar-refractivity contribution in [2.75, 3.05) is 45.2 Å². The molecule has 3 aromatic rings. The number of likely N-dealkylation sites (N-methyl/N-ethyl adjacent to an activating group) is 1. The molecule has 0 fully saturated rings. The largest absolute Gasteiger partial charge is 0.302 e. The van der Waals surface area contributed by atoms with Gasteiger partial charge >= 0.3 is 0 Å². The van der Waals surface area contributed by atoms with Gasteiger partial charge in [-0.05, 0) is 61.5 Å². The maximum atomic E-state index is 13.5. The highest BCUT2D eigenvalue weighted by Gasteiger charge is 2.23. The summed E-state index contributed by atoms with van der Waals surface area (Å²) in [5, 5.41) is 0.653. The van der Waals surface area contributed by atoms with E-state index in [0.29, 0.717) is 17.2 Å². The molecular formula is C24H32N4O3S2. The van der Waals surface area contributed by atoms with Crippen molar-refractivity contribution in [3.63, 3.8) is 0 Å². The van der Waals surface area contributed by atoms with E-state index in [9.17, 15) is 13.2 Å². The molecule has 0 saturated carbocycles. The van der Waals surface area contributed by atoms with Gasteiger partial charge in [-0.1, -0.05) is 38.2 Å². The number of aryl methyl sites for hydroxylation is 1. The van der Waals surface area contributed by atoms with Crippen LogP contribution in [-0.2, 0) is 16.4 Å². The molecular weight excluding hydrogens is 456 g/mol. The van der Waals surface area contributed by atoms with Crippen LogP contribution >= 0.6 is 11.3 Å². The number of aromatic nitrogens is 1. The Morgan fingerprint density at radius 1 is 0.970 bits per heavy atom. The molecule has 1 amide bonds. The standard InChI is InChI=1S/C24H32N4O3S2/c1-6-18-9-14-21-22(17-18)32-24(25-21)28(16-15-27(7-2)8-3)23(29)19-10-12-20(13-11-19)33(30,31)26(4)5/h9-14,17H,6-8,15-16H2,1-5H3. The van der Waals surface area contributed by atoms with Crippen LogP contribution in [0.25, 0.3) is 10.2 Å². The van der Waals surface area contributed by atoms with Crippen LogP contribution in [0.5, 0.6) is 0 Å². The zero-order valence-electron chi connectivity index (χ0n) is 19.9. The van der Waals surface area contributed by atoms with Crippen LogP contribution in [-0.4, -0.2) is 68.8 Å². The van der Waals surface area contributed by atoms with Crippen molar-refractivity contribution in [3.8, 4) is 0 Å². The minimum Gasteiger partial charge on any atom is -0.302 e. The fraction of sp³-hybridized carbons (Fsp3) is 0.417. The number of carbonyl (C=O) groups is 1. The highest BCUT2D eigenvalue weighted by atomic mass is 32.2. The first-order valence-electron chi connectivity index (χ1n) is 11.2. The highest BCUT2D eigenvalue weighted by molar-refractivity contribution is 7.89. The summed E-state index contributed by atoms with van der Waals surface area (Å²) < 4.78 is 27.0. The minimum absolute atomic E-state index is 0.158. The van der Waals surface area contributed by atoms with Crippen LogP contribution in [0, 0.1) is 0 Å². The van der Waals surface area contributed by atoms with Crippen molar-refractivity contribution in [1.82, 2.24) is 14.2 Å². The lowest BCUT2D eigenvalue weighted by Gasteiger charge is -2.24. The first-order chi connectivity index (χ1) is 15.7. The van der Waals surface area contributed by atoms with Crippen molar-refractivity contribution in [2.45, 2.75) is 32.1 Å². The van der Waals surface area contributed by atoms with Crippen molar-refractivity contribution in [1.29, 1.82) is 0 Å². The minimum atomic E-state index is -3.55. The normalized spacial score (nSPS) is 12.1. The number of carbonyl (C=O) groups excluding carboxylic acids is 1. The zero-order chi connectivity index (χ0) is 24.2. The van der Waals surface area contributed by atoms with Gasteiger partial charge in [-0.15, -0.1) is 0 Å². The maximum Gasteiger partial charge on any atom is 0.260 e. The van der Waals surface area contributed by atoms with E-state index < -0.39 is 10.0 Å². The first-order valence-corrected chi connectivity index (χ1v) is 13.4. The topological polar surface area (TPSA) is 73.8 Å². The predicted octanol–water partition coefficient (Wildman–Crippen LogP) is 4.10. The van der Waals surface area contributed by atoms with Crippen LogP contribution in [0.2, 0.25) is 0 Å². The molecule has 2 aromatic carbocycles. The van der Waals surface area contributed by atoms with Crippen LogP contribution in [0.1, 0.15) is 36.7 Å². The van der Waals surface area contributed by atoms with Gasteiger partial charge in [-0.3, -0.25) is 9.69 Å². The molecule has 7 nitrogen and oxygen atoms in total. The van der Waals surface area contributed by atoms with E-state index in [1.54, 1.807) is 17.0 Å². The molecule has 0 N–H and O–H groups in total. The fourth-order valence-electron chi connectivity index (χ4n) is 3.49. The van der Waals surface area contributed by atoms with Crippen molar-refractivity contribution in [3.05, 3.63) is 53.6 Å². The van der Waals surface area contributed by atoms with Gasteiger partial charge in [-0.2, -0.15) is 0 Å². The van der Waals surface area contributed by atoms with Gasteiger partial charge < -0.3 is 4.90 Å². The number of nitrogens with zero attached hydrogens (tertiary/aromatic N) is 4. The monoisotopic (exact) mass is 488 g/mol. The average molecular weight is 489 g/mol. The third-order valence-electron chi connectivity index (χ3n) is 5.74. The zero-order valence-corrected chi connectivity index (χ0v) is 21.5. The van der Waals surface area contributed by atoms with Crippen LogP contribution in [0.15, 0.2) is 47.4 Å². The molecule has 0 radical (unpaired) electrons. The smallest absolute Gasteiger partial charge is 0.260 e. The van der Waals surface area contributed by atoms with Gasteiger partial charge in [0.1, 0.15) is 0 Å². The number of hydrogen-bond donors (Lipinski definition) is 0. The molecule has 0 atom stereocenters. The lowest BCUT2D eigenvalue weighted by atomic mass is 10.2. The Morgan fingerprint density at radius 2 is 1.64 bits per heavy atom. The van der Waals surface area contributed by atoms with Gasteiger partial charge in [0.25, 0.3) is 5.91 Å². The molecule has 178 valence electrons. The summed E-state index contributed by atoms with van der Waals surface area (Å²) in [6, 6.07) is 12.3. The van der Waals surface area contributed by atoms with E-state index in [2.05, 4.69) is 37.8 Å². The Hall–Kier alpha value is -2.33. The molecule has 1 heterocycles. The number of benzene rings is 2. The summed E-state index contributed by atoms with van der Waals surface area (Å²) in [5.41, 5.74) is 2.54. The van der Waals surface area contributed by atoms with Gasteiger partial charge in [0, 0.05) is 32.7 Å². The second kappa shape index (κ2) is 10.7. The Morgan fingerprint density at radius 3 is 2.21 bits per heavy atom. The van der Waals surface area contributed by atoms with Crippen molar-refractivity contribution < 1.29 is 13.2 Å². The van der Waals surface area contributed by atoms with Crippen LogP contribution in [0.4, 0.5) is 5.13 Å². The molecule has 33 heavy (non-hydrogen) atoms. The average Bonchev–Trinajstić information content (AvgIpc) is 3.24. The summed E-state index contributed by atoms with van der Waals surface area (Å²) >= 11 is 1.51. The molecule has 0 unspecified atom stereocenters. The van der Waals surface area contributed by atoms with Gasteiger partial charge in [-0.25, -0.2) is 17.7 Å². The Bertz CT molecular complexity index is 1200. The van der Waals surface area contributed by atoms with E-state index in [1.165, 1.54) is 43.1 Å². The number of anilines is 1. The lowest BCUT2D eigenvalue weighted by molar-refractivity contribution is 0.0983. The molecule has 0 saturated heterocycles. The fourth-order valence-corrected chi connectivity index (χ4v) is 5.45. The summed E-state index contributed by atoms with van der Waals surface area (Å²) in [7, 11) is -0.579. The Balaban J connectivity index is 1.96. The van der Waals surface area contributed by atoms with Gasteiger partial charge in [0.05, 0.1) is 15.1 Å². The molecule has 9 heteroatoms. The quantitative estimate of drug-likeness (QED) is 0.430. The molecule has 0 aliphatic heterocycles. The van der Waals surface area contributed by atoms with E-state index in [1.807, 2.05) is 6.07 Å². The first kappa shape index (κ1) is 25.3. The molecule has 3 rings (SSSR count). The van der Waals surface area contributed by atoms with Crippen LogP contribution in [0.3, 0.4) is 0 Å². The number of amides is 1. The Kier molecular flexibility index (Phi) is 8.23. The summed E-state index contributed by atoms with van der Waals surface area (Å²) in [5.74, 6) is -0.189. The SMILES string of the molecule is CCc1ccc2nc(N(CCN(CC)CC)C(=O)c3ccc(S(=O)(=O)N(C)C)cc3)sc2c1. The van der Waals surface area contributed by atoms with E-state index in [4.69, 9.17) is 4.98 Å². The van der Waals surface area contributed by atoms with E-state index in [-0.39, 0.29) is 10.8 Å². The second-order valence-corrected chi connectivity index (χ2v) is 11.1. The van der Waals surface area contributed by atoms with Gasteiger partial charge in [0.15, 0.2) is 5.13 Å². The lowest BCUT2D eigenvalue weighted by Crippen LogP contribution is -2.38. The molecule has 0 spiro atoms. The molecule has 0 aliphatic carbocycles.